The number of aliphatic hydroxyl groups is 1. The molecule has 0 aliphatic carbocycles. The predicted molar refractivity (Wildman–Crippen MR) is 44.4 cm³/mol. The quantitative estimate of drug-likeness (QED) is 0.661. The maximum Gasteiger partial charge on any atom is 0.126 e. The Hall–Kier alpha value is -0.480. The minimum absolute atomic E-state index is 0.633. The van der Waals surface area contributed by atoms with Crippen LogP contribution in [-0.2, 0) is 12.6 Å². The number of nitrogens with zero attached hydrogens (tertiary/aromatic N) is 2. The average Bonchev–Trinajstić information content (AvgIpc) is 2.31. The van der Waals surface area contributed by atoms with Crippen molar-refractivity contribution < 1.29 is 5.11 Å². The van der Waals surface area contributed by atoms with Gasteiger partial charge in [0.2, 0.25) is 0 Å². The number of aromatic nitrogens is 2. The summed E-state index contributed by atoms with van der Waals surface area (Å²) in [5.41, 5.74) is 0.171. The van der Waals surface area contributed by atoms with E-state index in [0.717, 1.165) is 17.2 Å². The lowest BCUT2D eigenvalue weighted by Gasteiger charge is -2.33. The van der Waals surface area contributed by atoms with Gasteiger partial charge in [-0.2, -0.15) is 11.8 Å². The lowest BCUT2D eigenvalue weighted by molar-refractivity contribution is 0.0725. The largest absolute Gasteiger partial charge is 0.382 e. The van der Waals surface area contributed by atoms with Gasteiger partial charge in [-0.15, -0.1) is 0 Å². The van der Waals surface area contributed by atoms with Gasteiger partial charge < -0.3 is 9.67 Å². The number of hydrogen-bond donors (Lipinski definition) is 1. The molecule has 0 bridgehead atoms. The van der Waals surface area contributed by atoms with E-state index in [9.17, 15) is 5.11 Å². The third-order valence-corrected chi connectivity index (χ3v) is 3.23. The van der Waals surface area contributed by atoms with Crippen LogP contribution in [-0.4, -0.2) is 26.2 Å². The van der Waals surface area contributed by atoms with Gasteiger partial charge in [0.1, 0.15) is 5.60 Å². The Morgan fingerprint density at radius 3 is 2.82 bits per heavy atom. The Morgan fingerprint density at radius 1 is 1.73 bits per heavy atom. The normalized spacial score (nSPS) is 21.3. The Morgan fingerprint density at radius 2 is 2.45 bits per heavy atom. The van der Waals surface area contributed by atoms with Crippen molar-refractivity contribution in [3.63, 3.8) is 0 Å². The van der Waals surface area contributed by atoms with Crippen LogP contribution in [0, 0.1) is 0 Å². The lowest BCUT2D eigenvalue weighted by Crippen LogP contribution is -2.40. The molecule has 1 aliphatic heterocycles. The number of aryl methyl sites for hydroxylation is 1. The number of rotatable bonds is 1. The molecule has 4 heteroatoms. The number of hydrogen-bond acceptors (Lipinski definition) is 3. The maximum absolute atomic E-state index is 9.80. The average molecular weight is 170 g/mol. The molecule has 0 saturated carbocycles. The van der Waals surface area contributed by atoms with E-state index in [1.807, 2.05) is 17.8 Å². The highest BCUT2D eigenvalue weighted by Gasteiger charge is 2.38. The van der Waals surface area contributed by atoms with Gasteiger partial charge in [-0.1, -0.05) is 0 Å². The Bertz CT molecular complexity index is 267. The molecule has 1 N–H and O–H groups in total. The van der Waals surface area contributed by atoms with Gasteiger partial charge >= 0.3 is 0 Å². The second-order valence-corrected chi connectivity index (χ2v) is 3.93. The molecule has 60 valence electrons. The van der Waals surface area contributed by atoms with Crippen LogP contribution in [0.4, 0.5) is 0 Å². The molecule has 0 spiro atoms. The van der Waals surface area contributed by atoms with Crippen molar-refractivity contribution >= 4 is 11.8 Å². The summed E-state index contributed by atoms with van der Waals surface area (Å²) in [6.45, 7) is 0. The highest BCUT2D eigenvalue weighted by molar-refractivity contribution is 8.00. The first kappa shape index (κ1) is 7.18. The summed E-state index contributed by atoms with van der Waals surface area (Å²) in [7, 11) is 1.91. The van der Waals surface area contributed by atoms with Crippen LogP contribution in [0.1, 0.15) is 5.69 Å². The van der Waals surface area contributed by atoms with Gasteiger partial charge in [-0.05, 0) is 0 Å². The van der Waals surface area contributed by atoms with Crippen LogP contribution < -0.4 is 0 Å². The van der Waals surface area contributed by atoms with Gasteiger partial charge in [0.25, 0.3) is 0 Å². The fourth-order valence-electron chi connectivity index (χ4n) is 1.10. The molecule has 1 fully saturated rings. The summed E-state index contributed by atoms with van der Waals surface area (Å²) in [5, 5.41) is 9.80. The van der Waals surface area contributed by atoms with E-state index in [4.69, 9.17) is 0 Å². The Balaban J connectivity index is 2.28. The van der Waals surface area contributed by atoms with Gasteiger partial charge in [0.15, 0.2) is 0 Å². The maximum atomic E-state index is 9.80. The fourth-order valence-corrected chi connectivity index (χ4v) is 1.98. The van der Waals surface area contributed by atoms with E-state index in [2.05, 4.69) is 4.98 Å². The Labute approximate surface area is 69.4 Å². The van der Waals surface area contributed by atoms with Crippen molar-refractivity contribution in [2.75, 3.05) is 11.5 Å². The van der Waals surface area contributed by atoms with Gasteiger partial charge in [-0.3, -0.25) is 0 Å². The second kappa shape index (κ2) is 2.25. The van der Waals surface area contributed by atoms with Crippen molar-refractivity contribution in [1.29, 1.82) is 0 Å². The smallest absolute Gasteiger partial charge is 0.126 e. The van der Waals surface area contributed by atoms with Crippen LogP contribution in [0.5, 0.6) is 0 Å². The summed E-state index contributed by atoms with van der Waals surface area (Å²) >= 11 is 1.75. The molecule has 1 aromatic rings. The minimum Gasteiger partial charge on any atom is -0.382 e. The van der Waals surface area contributed by atoms with Crippen molar-refractivity contribution in [3.8, 4) is 0 Å². The van der Waals surface area contributed by atoms with Crippen LogP contribution in [0.2, 0.25) is 0 Å². The van der Waals surface area contributed by atoms with E-state index >= 15 is 0 Å². The van der Waals surface area contributed by atoms with Gasteiger partial charge in [-0.25, -0.2) is 4.98 Å². The molecule has 0 radical (unpaired) electrons. The first-order valence-corrected chi connectivity index (χ1v) is 4.65. The van der Waals surface area contributed by atoms with Crippen LogP contribution in [0.15, 0.2) is 12.5 Å². The molecule has 0 aromatic carbocycles. The number of thioether (sulfide) groups is 1. The summed E-state index contributed by atoms with van der Waals surface area (Å²) in [6.07, 6.45) is 3.59. The molecule has 0 amide bonds. The van der Waals surface area contributed by atoms with Crippen molar-refractivity contribution in [3.05, 3.63) is 18.2 Å². The molecule has 1 aromatic heterocycles. The molecule has 2 heterocycles. The zero-order valence-electron chi connectivity index (χ0n) is 6.32. The monoisotopic (exact) mass is 170 g/mol. The Kier molecular flexibility index (Phi) is 1.47. The third kappa shape index (κ3) is 1.06. The van der Waals surface area contributed by atoms with Crippen LogP contribution >= 0.6 is 11.8 Å². The van der Waals surface area contributed by atoms with E-state index in [0.29, 0.717) is 0 Å². The topological polar surface area (TPSA) is 38.0 Å². The molecule has 3 nitrogen and oxygen atoms in total. The molecule has 0 unspecified atom stereocenters. The molecule has 1 aliphatic rings. The SMILES string of the molecule is Cn1cnc(C2(O)CSC2)c1. The van der Waals surface area contributed by atoms with Crippen LogP contribution in [0.3, 0.4) is 0 Å². The molecule has 1 saturated heterocycles. The molecule has 2 rings (SSSR count). The van der Waals surface area contributed by atoms with Crippen molar-refractivity contribution in [2.45, 2.75) is 5.60 Å². The van der Waals surface area contributed by atoms with Crippen molar-refractivity contribution in [2.24, 2.45) is 7.05 Å². The van der Waals surface area contributed by atoms with E-state index in [1.54, 1.807) is 18.1 Å². The van der Waals surface area contributed by atoms with Gasteiger partial charge in [0, 0.05) is 24.8 Å². The molecule has 11 heavy (non-hydrogen) atoms. The van der Waals surface area contributed by atoms with E-state index < -0.39 is 5.60 Å². The summed E-state index contributed by atoms with van der Waals surface area (Å²) in [6, 6.07) is 0. The van der Waals surface area contributed by atoms with E-state index in [1.165, 1.54) is 0 Å². The molecular weight excluding hydrogens is 160 g/mol. The zero-order chi connectivity index (χ0) is 7.90. The van der Waals surface area contributed by atoms with E-state index in [-0.39, 0.29) is 0 Å². The standard InChI is InChI=1S/C7H10N2OS/c1-9-2-6(8-5-9)7(10)3-11-4-7/h2,5,10H,3-4H2,1H3. The number of imidazole rings is 1. The zero-order valence-corrected chi connectivity index (χ0v) is 7.14. The third-order valence-electron chi connectivity index (χ3n) is 1.86. The summed E-state index contributed by atoms with van der Waals surface area (Å²) in [4.78, 5) is 4.11. The first-order chi connectivity index (χ1) is 5.21. The molecule has 0 atom stereocenters. The van der Waals surface area contributed by atoms with Crippen LogP contribution in [0.25, 0.3) is 0 Å². The lowest BCUT2D eigenvalue weighted by atomic mass is 10.1. The molecular formula is C7H10N2OS. The van der Waals surface area contributed by atoms with Gasteiger partial charge in [0.05, 0.1) is 12.0 Å². The first-order valence-electron chi connectivity index (χ1n) is 3.49. The fraction of sp³-hybridized carbons (Fsp3) is 0.571. The predicted octanol–water partition coefficient (Wildman–Crippen LogP) is 0.354. The highest BCUT2D eigenvalue weighted by Crippen LogP contribution is 2.37. The summed E-state index contributed by atoms with van der Waals surface area (Å²) < 4.78 is 1.86. The van der Waals surface area contributed by atoms with Crippen molar-refractivity contribution in [1.82, 2.24) is 9.55 Å². The summed E-state index contributed by atoms with van der Waals surface area (Å²) in [5.74, 6) is 1.56. The second-order valence-electron chi connectivity index (χ2n) is 2.95. The minimum atomic E-state index is -0.633. The highest BCUT2D eigenvalue weighted by atomic mass is 32.2.